The number of nitrogens with zero attached hydrogens (tertiary/aromatic N) is 2. The maximum Gasteiger partial charge on any atom is 0.417 e. The van der Waals surface area contributed by atoms with Crippen LogP contribution in [-0.4, -0.2) is 47.8 Å². The van der Waals surface area contributed by atoms with E-state index in [0.717, 1.165) is 18.9 Å². The number of hydrogen-bond donors (Lipinski definition) is 0. The van der Waals surface area contributed by atoms with E-state index in [-0.39, 0.29) is 24.6 Å². The molecule has 1 aromatic carbocycles. The van der Waals surface area contributed by atoms with Gasteiger partial charge in [0.2, 0.25) is 5.91 Å². The van der Waals surface area contributed by atoms with E-state index >= 15 is 0 Å². The van der Waals surface area contributed by atoms with Gasteiger partial charge in [-0.1, -0.05) is 25.5 Å². The van der Waals surface area contributed by atoms with E-state index in [9.17, 15) is 22.8 Å². The maximum absolute atomic E-state index is 13.0. The van der Waals surface area contributed by atoms with Gasteiger partial charge in [0.05, 0.1) is 11.1 Å². The quantitative estimate of drug-likeness (QED) is 0.843. The molecule has 0 atom stereocenters. The molecule has 4 nitrogen and oxygen atoms in total. The summed E-state index contributed by atoms with van der Waals surface area (Å²) < 4.78 is 39.1. The molecule has 2 rings (SSSR count). The van der Waals surface area contributed by atoms with Crippen molar-refractivity contribution >= 4 is 11.8 Å². The lowest BCUT2D eigenvalue weighted by molar-refractivity contribution is -0.138. The van der Waals surface area contributed by atoms with Crippen LogP contribution >= 0.6 is 0 Å². The first-order valence-electron chi connectivity index (χ1n) is 8.08. The van der Waals surface area contributed by atoms with E-state index in [0.29, 0.717) is 19.5 Å². The predicted octanol–water partition coefficient (Wildman–Crippen LogP) is 3.18. The van der Waals surface area contributed by atoms with Gasteiger partial charge in [-0.3, -0.25) is 9.59 Å². The zero-order valence-electron chi connectivity index (χ0n) is 13.6. The van der Waals surface area contributed by atoms with E-state index in [4.69, 9.17) is 0 Å². The molecule has 0 spiro atoms. The molecular formula is C17H21F3N2O2. The third-order valence-electron chi connectivity index (χ3n) is 4.13. The lowest BCUT2D eigenvalue weighted by Crippen LogP contribution is -2.50. The van der Waals surface area contributed by atoms with E-state index in [1.54, 1.807) is 4.90 Å². The molecule has 0 bridgehead atoms. The summed E-state index contributed by atoms with van der Waals surface area (Å²) in [5.41, 5.74) is -1.26. The highest BCUT2D eigenvalue weighted by molar-refractivity contribution is 5.96. The molecule has 132 valence electrons. The Balaban J connectivity index is 2.03. The summed E-state index contributed by atoms with van der Waals surface area (Å²) in [5, 5.41) is 0. The van der Waals surface area contributed by atoms with Crippen molar-refractivity contribution in [3.05, 3.63) is 35.4 Å². The minimum absolute atomic E-state index is 0.0413. The molecular weight excluding hydrogens is 321 g/mol. The van der Waals surface area contributed by atoms with Gasteiger partial charge in [-0.15, -0.1) is 0 Å². The fourth-order valence-electron chi connectivity index (χ4n) is 2.73. The highest BCUT2D eigenvalue weighted by Gasteiger charge is 2.36. The van der Waals surface area contributed by atoms with Gasteiger partial charge in [-0.25, -0.2) is 0 Å². The number of carbonyl (C=O) groups is 2. The van der Waals surface area contributed by atoms with Crippen LogP contribution in [-0.2, 0) is 11.0 Å². The number of hydrogen-bond acceptors (Lipinski definition) is 2. The molecule has 1 aliphatic heterocycles. The number of carbonyl (C=O) groups excluding carboxylic acids is 2. The standard InChI is InChI=1S/C17H21F3N2O2/c1-2-3-8-15(23)21-9-11-22(12-10-21)16(24)13-6-4-5-7-14(13)17(18,19)20/h4-7H,2-3,8-12H2,1H3. The van der Waals surface area contributed by atoms with Crippen LogP contribution in [0.4, 0.5) is 13.2 Å². The predicted molar refractivity (Wildman–Crippen MR) is 83.5 cm³/mol. The second-order valence-corrected chi connectivity index (χ2v) is 5.82. The van der Waals surface area contributed by atoms with Crippen molar-refractivity contribution in [2.24, 2.45) is 0 Å². The molecule has 0 aliphatic carbocycles. The summed E-state index contributed by atoms with van der Waals surface area (Å²) in [6.07, 6.45) is -2.35. The van der Waals surface area contributed by atoms with Gasteiger partial charge in [0.1, 0.15) is 0 Å². The minimum Gasteiger partial charge on any atom is -0.339 e. The molecule has 0 radical (unpaired) electrons. The van der Waals surface area contributed by atoms with Gasteiger partial charge in [0, 0.05) is 32.6 Å². The topological polar surface area (TPSA) is 40.6 Å². The largest absolute Gasteiger partial charge is 0.417 e. The second kappa shape index (κ2) is 7.68. The van der Waals surface area contributed by atoms with Crippen molar-refractivity contribution in [3.63, 3.8) is 0 Å². The van der Waals surface area contributed by atoms with Crippen molar-refractivity contribution in [3.8, 4) is 0 Å². The van der Waals surface area contributed by atoms with Crippen molar-refractivity contribution in [2.75, 3.05) is 26.2 Å². The van der Waals surface area contributed by atoms with E-state index in [1.807, 2.05) is 6.92 Å². The molecule has 1 heterocycles. The van der Waals surface area contributed by atoms with Crippen LogP contribution in [0.15, 0.2) is 24.3 Å². The summed E-state index contributed by atoms with van der Waals surface area (Å²) in [6.45, 7) is 3.23. The fourth-order valence-corrected chi connectivity index (χ4v) is 2.73. The van der Waals surface area contributed by atoms with Gasteiger partial charge in [-0.2, -0.15) is 13.2 Å². The summed E-state index contributed by atoms with van der Waals surface area (Å²) in [6, 6.07) is 4.80. The molecule has 0 saturated carbocycles. The number of piperazine rings is 1. The Hall–Kier alpha value is -2.05. The second-order valence-electron chi connectivity index (χ2n) is 5.82. The van der Waals surface area contributed by atoms with E-state index in [2.05, 4.69) is 0 Å². The number of rotatable bonds is 4. The van der Waals surface area contributed by atoms with Crippen molar-refractivity contribution in [2.45, 2.75) is 32.4 Å². The first kappa shape index (κ1) is 18.3. The van der Waals surface area contributed by atoms with E-state index in [1.165, 1.54) is 23.1 Å². The van der Waals surface area contributed by atoms with Crippen LogP contribution in [0, 0.1) is 0 Å². The summed E-state index contributed by atoms with van der Waals surface area (Å²) in [5.74, 6) is -0.594. The van der Waals surface area contributed by atoms with Gasteiger partial charge >= 0.3 is 6.18 Å². The molecule has 1 fully saturated rings. The number of amides is 2. The van der Waals surface area contributed by atoms with Crippen molar-refractivity contribution in [1.82, 2.24) is 9.80 Å². The Morgan fingerprint density at radius 1 is 1.04 bits per heavy atom. The van der Waals surface area contributed by atoms with Gasteiger partial charge in [-0.05, 0) is 18.6 Å². The van der Waals surface area contributed by atoms with Crippen molar-refractivity contribution < 1.29 is 22.8 Å². The Labute approximate surface area is 139 Å². The van der Waals surface area contributed by atoms with Gasteiger partial charge in [0.15, 0.2) is 0 Å². The average molecular weight is 342 g/mol. The third-order valence-corrected chi connectivity index (χ3v) is 4.13. The zero-order valence-corrected chi connectivity index (χ0v) is 13.6. The number of halogens is 3. The Bertz CT molecular complexity index is 594. The number of unbranched alkanes of at least 4 members (excludes halogenated alkanes) is 1. The molecule has 1 aliphatic rings. The number of benzene rings is 1. The Morgan fingerprint density at radius 3 is 2.21 bits per heavy atom. The number of alkyl halides is 3. The molecule has 0 aromatic heterocycles. The summed E-state index contributed by atoms with van der Waals surface area (Å²) in [7, 11) is 0. The zero-order chi connectivity index (χ0) is 17.7. The van der Waals surface area contributed by atoms with Crippen molar-refractivity contribution in [1.29, 1.82) is 0 Å². The van der Waals surface area contributed by atoms with Crippen LogP contribution in [0.25, 0.3) is 0 Å². The molecule has 24 heavy (non-hydrogen) atoms. The first-order valence-corrected chi connectivity index (χ1v) is 8.08. The van der Waals surface area contributed by atoms with Crippen LogP contribution in [0.3, 0.4) is 0 Å². The SMILES string of the molecule is CCCCC(=O)N1CCN(C(=O)c2ccccc2C(F)(F)F)CC1. The lowest BCUT2D eigenvalue weighted by atomic mass is 10.1. The molecule has 0 unspecified atom stereocenters. The van der Waals surface area contributed by atoms with Gasteiger partial charge in [0.25, 0.3) is 5.91 Å². The summed E-state index contributed by atoms with van der Waals surface area (Å²) in [4.78, 5) is 27.5. The van der Waals surface area contributed by atoms with Gasteiger partial charge < -0.3 is 9.80 Å². The smallest absolute Gasteiger partial charge is 0.339 e. The summed E-state index contributed by atoms with van der Waals surface area (Å²) >= 11 is 0. The Morgan fingerprint density at radius 2 is 1.62 bits per heavy atom. The molecule has 0 N–H and O–H groups in total. The highest BCUT2D eigenvalue weighted by Crippen LogP contribution is 2.32. The third kappa shape index (κ3) is 4.27. The Kier molecular flexibility index (Phi) is 5.85. The minimum atomic E-state index is -4.57. The van der Waals surface area contributed by atoms with E-state index < -0.39 is 17.6 Å². The monoisotopic (exact) mass is 342 g/mol. The van der Waals surface area contributed by atoms with Crippen LogP contribution in [0.2, 0.25) is 0 Å². The van der Waals surface area contributed by atoms with Crippen LogP contribution in [0.5, 0.6) is 0 Å². The van der Waals surface area contributed by atoms with Crippen LogP contribution < -0.4 is 0 Å². The molecule has 2 amide bonds. The normalized spacial score (nSPS) is 15.5. The molecule has 1 saturated heterocycles. The average Bonchev–Trinajstić information content (AvgIpc) is 2.58. The molecule has 1 aromatic rings. The molecule has 7 heteroatoms. The first-order chi connectivity index (χ1) is 11.3. The highest BCUT2D eigenvalue weighted by atomic mass is 19.4. The fraction of sp³-hybridized carbons (Fsp3) is 0.529. The lowest BCUT2D eigenvalue weighted by Gasteiger charge is -2.35. The van der Waals surface area contributed by atoms with Crippen LogP contribution in [0.1, 0.15) is 42.1 Å². The maximum atomic E-state index is 13.0.